The van der Waals surface area contributed by atoms with Gasteiger partial charge in [0.2, 0.25) is 0 Å². The van der Waals surface area contributed by atoms with Crippen molar-refractivity contribution in [3.63, 3.8) is 0 Å². The highest BCUT2D eigenvalue weighted by atomic mass is 16.5. The average Bonchev–Trinajstić information content (AvgIpc) is 2.49. The van der Waals surface area contributed by atoms with Crippen molar-refractivity contribution in [2.24, 2.45) is 5.73 Å². The molecular formula is C19H24NO. The Morgan fingerprint density at radius 1 is 1.19 bits per heavy atom. The Hall–Kier alpha value is -1.96. The number of benzene rings is 1. The SMILES string of the molecule is CCCCCCOc1ccc(C=C2[C]=CC=C(N)C2)cc1. The molecule has 0 saturated heterocycles. The second-order valence-corrected chi connectivity index (χ2v) is 5.38. The summed E-state index contributed by atoms with van der Waals surface area (Å²) in [6, 6.07) is 8.20. The van der Waals surface area contributed by atoms with Gasteiger partial charge >= 0.3 is 0 Å². The predicted octanol–water partition coefficient (Wildman–Crippen LogP) is 4.63. The Labute approximate surface area is 128 Å². The van der Waals surface area contributed by atoms with Crippen LogP contribution in [0.2, 0.25) is 0 Å². The maximum absolute atomic E-state index is 5.82. The maximum atomic E-state index is 5.82. The van der Waals surface area contributed by atoms with Gasteiger partial charge in [0.1, 0.15) is 5.75 Å². The lowest BCUT2D eigenvalue weighted by Gasteiger charge is -2.08. The van der Waals surface area contributed by atoms with E-state index in [1.165, 1.54) is 19.3 Å². The molecule has 2 heteroatoms. The van der Waals surface area contributed by atoms with E-state index in [9.17, 15) is 0 Å². The van der Waals surface area contributed by atoms with Gasteiger partial charge in [0.15, 0.2) is 0 Å². The quantitative estimate of drug-likeness (QED) is 0.740. The molecule has 1 radical (unpaired) electrons. The number of unbranched alkanes of at least 4 members (excludes halogenated alkanes) is 3. The molecule has 2 N–H and O–H groups in total. The summed E-state index contributed by atoms with van der Waals surface area (Å²) in [6.45, 7) is 3.02. The van der Waals surface area contributed by atoms with Gasteiger partial charge in [-0.25, -0.2) is 0 Å². The standard InChI is InChI=1S/C19H24NO/c1-2-3-4-5-13-21-19-11-9-16(10-12-19)14-17-7-6-8-18(20)15-17/h6,8-12,14H,2-5,13,15,20H2,1H3. The molecule has 0 unspecified atom stereocenters. The van der Waals surface area contributed by atoms with Crippen molar-refractivity contribution >= 4 is 6.08 Å². The van der Waals surface area contributed by atoms with E-state index in [2.05, 4.69) is 31.2 Å². The molecular weight excluding hydrogens is 258 g/mol. The number of rotatable bonds is 7. The highest BCUT2D eigenvalue weighted by molar-refractivity contribution is 5.57. The minimum absolute atomic E-state index is 0.770. The minimum atomic E-state index is 0.770. The molecule has 0 amide bonds. The first-order valence-electron chi connectivity index (χ1n) is 7.76. The summed E-state index contributed by atoms with van der Waals surface area (Å²) in [4.78, 5) is 0. The fourth-order valence-electron chi connectivity index (χ4n) is 2.26. The molecule has 21 heavy (non-hydrogen) atoms. The molecule has 1 aliphatic rings. The van der Waals surface area contributed by atoms with Crippen LogP contribution in [0.5, 0.6) is 5.75 Å². The zero-order valence-corrected chi connectivity index (χ0v) is 12.8. The van der Waals surface area contributed by atoms with Gasteiger partial charge in [0, 0.05) is 12.1 Å². The van der Waals surface area contributed by atoms with Crippen LogP contribution in [0, 0.1) is 6.08 Å². The summed E-state index contributed by atoms with van der Waals surface area (Å²) in [5.41, 5.74) is 8.97. The molecule has 1 aliphatic carbocycles. The molecule has 1 aromatic rings. The van der Waals surface area contributed by atoms with E-state index in [1.807, 2.05) is 24.3 Å². The Bertz CT molecular complexity index is 523. The van der Waals surface area contributed by atoms with Crippen LogP contribution in [0.1, 0.15) is 44.6 Å². The fourth-order valence-corrected chi connectivity index (χ4v) is 2.26. The van der Waals surface area contributed by atoms with E-state index in [0.29, 0.717) is 0 Å². The van der Waals surface area contributed by atoms with Crippen LogP contribution in [0.25, 0.3) is 6.08 Å². The van der Waals surface area contributed by atoms with Gasteiger partial charge in [-0.15, -0.1) is 0 Å². The first-order valence-corrected chi connectivity index (χ1v) is 7.76. The highest BCUT2D eigenvalue weighted by Gasteiger charge is 2.01. The average molecular weight is 282 g/mol. The number of allylic oxidation sites excluding steroid dienone is 4. The third-order valence-electron chi connectivity index (χ3n) is 3.45. The molecule has 2 nitrogen and oxygen atoms in total. The minimum Gasteiger partial charge on any atom is -0.494 e. The zero-order valence-electron chi connectivity index (χ0n) is 12.8. The van der Waals surface area contributed by atoms with Crippen molar-refractivity contribution in [1.82, 2.24) is 0 Å². The van der Waals surface area contributed by atoms with E-state index in [0.717, 1.165) is 42.0 Å². The van der Waals surface area contributed by atoms with E-state index in [4.69, 9.17) is 10.5 Å². The number of nitrogens with two attached hydrogens (primary N) is 1. The Balaban J connectivity index is 1.83. The topological polar surface area (TPSA) is 35.2 Å². The Morgan fingerprint density at radius 3 is 2.71 bits per heavy atom. The first kappa shape index (κ1) is 15.4. The summed E-state index contributed by atoms with van der Waals surface area (Å²) in [6.07, 6.45) is 14.8. The number of ether oxygens (including phenoxy) is 1. The lowest BCUT2D eigenvalue weighted by atomic mass is 10.0. The maximum Gasteiger partial charge on any atom is 0.119 e. The highest BCUT2D eigenvalue weighted by Crippen LogP contribution is 2.19. The van der Waals surface area contributed by atoms with Crippen LogP contribution in [0.15, 0.2) is 47.7 Å². The van der Waals surface area contributed by atoms with Crippen LogP contribution in [-0.2, 0) is 0 Å². The largest absolute Gasteiger partial charge is 0.494 e. The fraction of sp³-hybridized carbons (Fsp3) is 0.368. The molecule has 0 aromatic heterocycles. The van der Waals surface area contributed by atoms with Gasteiger partial charge in [-0.05, 0) is 41.8 Å². The van der Waals surface area contributed by atoms with Gasteiger partial charge in [-0.3, -0.25) is 0 Å². The summed E-state index contributed by atoms with van der Waals surface area (Å²) in [5, 5.41) is 0. The van der Waals surface area contributed by atoms with Crippen molar-refractivity contribution < 1.29 is 4.74 Å². The predicted molar refractivity (Wildman–Crippen MR) is 88.8 cm³/mol. The summed E-state index contributed by atoms with van der Waals surface area (Å²) < 4.78 is 5.74. The van der Waals surface area contributed by atoms with E-state index >= 15 is 0 Å². The summed E-state index contributed by atoms with van der Waals surface area (Å²) in [7, 11) is 0. The Morgan fingerprint density at radius 2 is 2.00 bits per heavy atom. The lowest BCUT2D eigenvalue weighted by molar-refractivity contribution is 0.305. The molecule has 0 bridgehead atoms. The molecule has 0 spiro atoms. The summed E-state index contributed by atoms with van der Waals surface area (Å²) in [5.74, 6) is 0.941. The third kappa shape index (κ3) is 5.50. The molecule has 111 valence electrons. The first-order chi connectivity index (χ1) is 10.3. The van der Waals surface area contributed by atoms with Crippen molar-refractivity contribution in [3.8, 4) is 5.75 Å². The van der Waals surface area contributed by atoms with Crippen LogP contribution in [0.4, 0.5) is 0 Å². The van der Waals surface area contributed by atoms with Crippen molar-refractivity contribution in [2.45, 2.75) is 39.0 Å². The molecule has 2 rings (SSSR count). The molecule has 0 saturated carbocycles. The van der Waals surface area contributed by atoms with Crippen molar-refractivity contribution in [1.29, 1.82) is 0 Å². The second-order valence-electron chi connectivity index (χ2n) is 5.38. The zero-order chi connectivity index (χ0) is 14.9. The molecule has 1 aromatic carbocycles. The van der Waals surface area contributed by atoms with Crippen LogP contribution >= 0.6 is 0 Å². The van der Waals surface area contributed by atoms with Gasteiger partial charge in [-0.1, -0.05) is 50.5 Å². The van der Waals surface area contributed by atoms with E-state index in [-0.39, 0.29) is 0 Å². The smallest absolute Gasteiger partial charge is 0.119 e. The summed E-state index contributed by atoms with van der Waals surface area (Å²) >= 11 is 0. The van der Waals surface area contributed by atoms with Gasteiger partial charge in [0.25, 0.3) is 0 Å². The molecule has 0 atom stereocenters. The van der Waals surface area contributed by atoms with Crippen LogP contribution < -0.4 is 10.5 Å². The normalized spacial score (nSPS) is 16.0. The lowest BCUT2D eigenvalue weighted by Crippen LogP contribution is -2.00. The Kier molecular flexibility index (Phi) is 6.14. The third-order valence-corrected chi connectivity index (χ3v) is 3.45. The van der Waals surface area contributed by atoms with Crippen molar-refractivity contribution in [2.75, 3.05) is 6.61 Å². The van der Waals surface area contributed by atoms with Gasteiger partial charge < -0.3 is 10.5 Å². The monoisotopic (exact) mass is 282 g/mol. The van der Waals surface area contributed by atoms with Crippen LogP contribution in [0.3, 0.4) is 0 Å². The van der Waals surface area contributed by atoms with Gasteiger partial charge in [0.05, 0.1) is 6.61 Å². The van der Waals surface area contributed by atoms with E-state index < -0.39 is 0 Å². The van der Waals surface area contributed by atoms with Crippen LogP contribution in [-0.4, -0.2) is 6.61 Å². The molecule has 0 fully saturated rings. The number of hydrogen-bond acceptors (Lipinski definition) is 2. The van der Waals surface area contributed by atoms with E-state index in [1.54, 1.807) is 0 Å². The molecule has 0 aliphatic heterocycles. The van der Waals surface area contributed by atoms with Crippen molar-refractivity contribution in [3.05, 3.63) is 59.3 Å². The number of hydrogen-bond donors (Lipinski definition) is 1. The second kappa shape index (κ2) is 8.35. The van der Waals surface area contributed by atoms with Gasteiger partial charge in [-0.2, -0.15) is 0 Å². The molecule has 0 heterocycles.